The van der Waals surface area contributed by atoms with Gasteiger partial charge >= 0.3 is 6.03 Å². The van der Waals surface area contributed by atoms with Gasteiger partial charge in [-0.3, -0.25) is 0 Å². The number of para-hydroxylation sites is 1. The van der Waals surface area contributed by atoms with E-state index in [4.69, 9.17) is 0 Å². The molecule has 2 amide bonds. The van der Waals surface area contributed by atoms with E-state index in [2.05, 4.69) is 118 Å². The summed E-state index contributed by atoms with van der Waals surface area (Å²) >= 11 is 0. The first-order valence-electron chi connectivity index (χ1n) is 13.6. The number of carbonyl (C=O) groups excluding carboxylic acids is 1. The Morgan fingerprint density at radius 1 is 0.806 bits per heavy atom. The fourth-order valence-corrected chi connectivity index (χ4v) is 5.66. The van der Waals surface area contributed by atoms with E-state index in [1.54, 1.807) is 0 Å². The van der Waals surface area contributed by atoms with Crippen LogP contribution in [0.25, 0.3) is 0 Å². The molecule has 1 aliphatic rings. The van der Waals surface area contributed by atoms with Gasteiger partial charge in [0.2, 0.25) is 0 Å². The van der Waals surface area contributed by atoms with E-state index in [-0.39, 0.29) is 12.1 Å². The summed E-state index contributed by atoms with van der Waals surface area (Å²) in [4.78, 5) is 16.2. The Morgan fingerprint density at radius 3 is 1.97 bits per heavy atom. The molecule has 0 aliphatic heterocycles. The summed E-state index contributed by atoms with van der Waals surface area (Å²) in [5, 5.41) is 3.41. The predicted molar refractivity (Wildman–Crippen MR) is 152 cm³/mol. The Labute approximate surface area is 217 Å². The van der Waals surface area contributed by atoms with Crippen molar-refractivity contribution in [3.8, 4) is 0 Å². The van der Waals surface area contributed by atoms with Crippen LogP contribution in [0.1, 0.15) is 98.9 Å². The molecule has 0 saturated heterocycles. The first kappa shape index (κ1) is 26.0. The lowest BCUT2D eigenvalue weighted by molar-refractivity contribution is 0.158. The Bertz CT molecular complexity index is 1120. The molecule has 1 saturated carbocycles. The van der Waals surface area contributed by atoms with Crippen molar-refractivity contribution < 1.29 is 4.79 Å². The number of nitrogens with zero attached hydrogens (tertiary/aromatic N) is 1. The van der Waals surface area contributed by atoms with Crippen molar-refractivity contribution >= 4 is 11.7 Å². The summed E-state index contributed by atoms with van der Waals surface area (Å²) in [6.07, 6.45) is 4.29. The average molecular weight is 483 g/mol. The number of hydrogen-bond donors (Lipinski definition) is 1. The normalized spacial score (nSPS) is 17.9. The molecule has 0 unspecified atom stereocenters. The van der Waals surface area contributed by atoms with Gasteiger partial charge in [0.25, 0.3) is 0 Å². The fraction of sp³-hybridized carbons (Fsp3) is 0.424. The van der Waals surface area contributed by atoms with E-state index < -0.39 is 0 Å². The molecule has 36 heavy (non-hydrogen) atoms. The summed E-state index contributed by atoms with van der Waals surface area (Å²) in [6, 6.07) is 26.0. The Kier molecular flexibility index (Phi) is 8.51. The third-order valence-electron chi connectivity index (χ3n) is 7.88. The van der Waals surface area contributed by atoms with Gasteiger partial charge in [0.15, 0.2) is 0 Å². The van der Waals surface area contributed by atoms with Gasteiger partial charge in [-0.25, -0.2) is 4.79 Å². The van der Waals surface area contributed by atoms with Gasteiger partial charge < -0.3 is 10.2 Å². The minimum Gasteiger partial charge on any atom is -0.317 e. The number of aryl methyl sites for hydroxylation is 1. The van der Waals surface area contributed by atoms with E-state index >= 15 is 0 Å². The van der Waals surface area contributed by atoms with Gasteiger partial charge in [0.1, 0.15) is 0 Å². The number of nitrogens with one attached hydrogen (secondary N) is 1. The summed E-state index contributed by atoms with van der Waals surface area (Å²) in [5.74, 6) is 1.26. The quantitative estimate of drug-likeness (QED) is 0.358. The number of carbonyl (C=O) groups is 1. The highest BCUT2D eigenvalue weighted by Crippen LogP contribution is 2.37. The number of anilines is 1. The fourth-order valence-electron chi connectivity index (χ4n) is 5.66. The SMILES string of the molecule is Cc1ccccc1CN(C(=O)Nc1c(C(C)C)cccc1C(C)C)[C@H]1CC[C@H](c2ccccc2)CC1. The summed E-state index contributed by atoms with van der Waals surface area (Å²) < 4.78 is 0. The first-order chi connectivity index (χ1) is 17.3. The van der Waals surface area contributed by atoms with E-state index in [0.29, 0.717) is 24.3 Å². The second-order valence-electron chi connectivity index (χ2n) is 11.0. The molecule has 4 rings (SSSR count). The van der Waals surface area contributed by atoms with E-state index in [9.17, 15) is 4.79 Å². The second-order valence-corrected chi connectivity index (χ2v) is 11.0. The Hall–Kier alpha value is -3.07. The predicted octanol–water partition coefficient (Wildman–Crippen LogP) is 9.00. The molecular formula is C33H42N2O. The lowest BCUT2D eigenvalue weighted by atomic mass is 9.81. The number of benzene rings is 3. The summed E-state index contributed by atoms with van der Waals surface area (Å²) in [6.45, 7) is 11.6. The molecule has 1 N–H and O–H groups in total. The average Bonchev–Trinajstić information content (AvgIpc) is 2.88. The zero-order chi connectivity index (χ0) is 25.7. The molecule has 0 spiro atoms. The smallest absolute Gasteiger partial charge is 0.317 e. The van der Waals surface area contributed by atoms with E-state index in [1.807, 2.05) is 0 Å². The Balaban J connectivity index is 1.60. The lowest BCUT2D eigenvalue weighted by Gasteiger charge is -2.38. The molecule has 3 aromatic rings. The minimum atomic E-state index is 0.0245. The minimum absolute atomic E-state index is 0.0245. The largest absolute Gasteiger partial charge is 0.322 e. The first-order valence-corrected chi connectivity index (χ1v) is 13.6. The molecule has 0 radical (unpaired) electrons. The third kappa shape index (κ3) is 6.00. The van der Waals surface area contributed by atoms with Crippen molar-refractivity contribution in [2.75, 3.05) is 5.32 Å². The molecular weight excluding hydrogens is 440 g/mol. The lowest BCUT2D eigenvalue weighted by Crippen LogP contribution is -2.44. The van der Waals surface area contributed by atoms with Crippen molar-refractivity contribution in [2.45, 2.75) is 90.6 Å². The van der Waals surface area contributed by atoms with Gasteiger partial charge in [0.05, 0.1) is 0 Å². The second kappa shape index (κ2) is 11.8. The molecule has 0 atom stereocenters. The van der Waals surface area contributed by atoms with Gasteiger partial charge in [-0.15, -0.1) is 0 Å². The van der Waals surface area contributed by atoms with Crippen molar-refractivity contribution in [3.05, 3.63) is 101 Å². The maximum atomic E-state index is 14.0. The molecule has 3 heteroatoms. The van der Waals surface area contributed by atoms with Crippen LogP contribution in [0.15, 0.2) is 72.8 Å². The van der Waals surface area contributed by atoms with Crippen molar-refractivity contribution in [2.24, 2.45) is 0 Å². The summed E-state index contributed by atoms with van der Waals surface area (Å²) in [7, 11) is 0. The van der Waals surface area contributed by atoms with Gasteiger partial charge in [-0.2, -0.15) is 0 Å². The highest BCUT2D eigenvalue weighted by Gasteiger charge is 2.31. The van der Waals surface area contributed by atoms with Crippen LogP contribution in [0.4, 0.5) is 10.5 Å². The monoisotopic (exact) mass is 482 g/mol. The number of rotatable bonds is 7. The summed E-state index contributed by atoms with van der Waals surface area (Å²) in [5.41, 5.74) is 7.30. The molecule has 190 valence electrons. The van der Waals surface area contributed by atoms with Gasteiger partial charge in [0, 0.05) is 18.3 Å². The van der Waals surface area contributed by atoms with Gasteiger partial charge in [-0.05, 0) is 78.2 Å². The van der Waals surface area contributed by atoms with E-state index in [1.165, 1.54) is 27.8 Å². The molecule has 1 fully saturated rings. The van der Waals surface area contributed by atoms with Gasteiger partial charge in [-0.1, -0.05) is 100 Å². The number of amides is 2. The molecule has 0 heterocycles. The van der Waals surface area contributed by atoms with Crippen molar-refractivity contribution in [3.63, 3.8) is 0 Å². The third-order valence-corrected chi connectivity index (χ3v) is 7.88. The van der Waals surface area contributed by atoms with Crippen LogP contribution in [-0.4, -0.2) is 17.0 Å². The molecule has 0 aromatic heterocycles. The highest BCUT2D eigenvalue weighted by atomic mass is 16.2. The van der Waals surface area contributed by atoms with Crippen LogP contribution in [0, 0.1) is 6.92 Å². The van der Waals surface area contributed by atoms with Crippen molar-refractivity contribution in [1.29, 1.82) is 0 Å². The van der Waals surface area contributed by atoms with Crippen LogP contribution in [0.5, 0.6) is 0 Å². The zero-order valence-electron chi connectivity index (χ0n) is 22.6. The van der Waals surface area contributed by atoms with Crippen LogP contribution >= 0.6 is 0 Å². The van der Waals surface area contributed by atoms with Crippen LogP contribution in [0.2, 0.25) is 0 Å². The maximum absolute atomic E-state index is 14.0. The van der Waals surface area contributed by atoms with Crippen LogP contribution in [-0.2, 0) is 6.54 Å². The molecule has 0 bridgehead atoms. The Morgan fingerprint density at radius 2 is 1.39 bits per heavy atom. The van der Waals surface area contributed by atoms with E-state index in [0.717, 1.165) is 31.4 Å². The topological polar surface area (TPSA) is 32.3 Å². The number of urea groups is 1. The zero-order valence-corrected chi connectivity index (χ0v) is 22.6. The molecule has 1 aliphatic carbocycles. The van der Waals surface area contributed by atoms with Crippen LogP contribution < -0.4 is 5.32 Å². The van der Waals surface area contributed by atoms with Crippen LogP contribution in [0.3, 0.4) is 0 Å². The molecule has 3 nitrogen and oxygen atoms in total. The maximum Gasteiger partial charge on any atom is 0.322 e. The van der Waals surface area contributed by atoms with Crippen molar-refractivity contribution in [1.82, 2.24) is 4.90 Å². The standard InChI is InChI=1S/C33H42N2O/c1-23(2)30-16-11-17-31(24(3)4)32(30)34-33(36)35(22-28-15-10-9-12-25(28)5)29-20-18-27(19-21-29)26-13-7-6-8-14-26/h6-17,23-24,27,29H,18-22H2,1-5H3,(H,34,36)/t27-,29-. The highest BCUT2D eigenvalue weighted by molar-refractivity contribution is 5.91. The number of hydrogen-bond acceptors (Lipinski definition) is 1. The molecule has 3 aromatic carbocycles.